The molecule has 0 aliphatic carbocycles. The Bertz CT molecular complexity index is 887. The number of hydrogen-bond donors (Lipinski definition) is 0. The van der Waals surface area contributed by atoms with E-state index in [0.717, 1.165) is 42.7 Å². The topological polar surface area (TPSA) is 46.6 Å². The summed E-state index contributed by atoms with van der Waals surface area (Å²) in [6.45, 7) is 2.26. The summed E-state index contributed by atoms with van der Waals surface area (Å²) in [5.41, 5.74) is 0.293. The largest absolute Gasteiger partial charge is 0.464 e. The SMILES string of the molecule is CCCCOC(=O)C1CSC(Cc2ccccc2)N1C(=O)c1ccc(C(F)(F)F)cc1. The normalized spacial score (nSPS) is 18.8. The Kier molecular flexibility index (Phi) is 7.64. The Hall–Kier alpha value is -2.48. The molecule has 31 heavy (non-hydrogen) atoms. The van der Waals surface area contributed by atoms with Gasteiger partial charge >= 0.3 is 12.1 Å². The lowest BCUT2D eigenvalue weighted by Gasteiger charge is -2.28. The fourth-order valence-electron chi connectivity index (χ4n) is 3.35. The first-order valence-corrected chi connectivity index (χ1v) is 11.2. The fourth-order valence-corrected chi connectivity index (χ4v) is 4.77. The highest BCUT2D eigenvalue weighted by Crippen LogP contribution is 2.34. The van der Waals surface area contributed by atoms with Crippen LogP contribution in [0.2, 0.25) is 0 Å². The summed E-state index contributed by atoms with van der Waals surface area (Å²) in [6.07, 6.45) is -2.35. The molecule has 2 unspecified atom stereocenters. The van der Waals surface area contributed by atoms with Gasteiger partial charge in [0.2, 0.25) is 0 Å². The predicted molar refractivity (Wildman–Crippen MR) is 114 cm³/mol. The number of ether oxygens (including phenoxy) is 1. The van der Waals surface area contributed by atoms with Gasteiger partial charge in [0, 0.05) is 17.7 Å². The van der Waals surface area contributed by atoms with E-state index in [2.05, 4.69) is 0 Å². The van der Waals surface area contributed by atoms with E-state index in [1.807, 2.05) is 37.3 Å². The van der Waals surface area contributed by atoms with E-state index in [-0.39, 0.29) is 17.5 Å². The second kappa shape index (κ2) is 10.2. The molecule has 0 bridgehead atoms. The lowest BCUT2D eigenvalue weighted by Crippen LogP contribution is -2.47. The minimum absolute atomic E-state index is 0.111. The van der Waals surface area contributed by atoms with Crippen molar-refractivity contribution < 1.29 is 27.5 Å². The van der Waals surface area contributed by atoms with Crippen molar-refractivity contribution in [1.29, 1.82) is 0 Å². The number of alkyl halides is 3. The molecule has 2 atom stereocenters. The smallest absolute Gasteiger partial charge is 0.416 e. The zero-order valence-electron chi connectivity index (χ0n) is 17.1. The number of benzene rings is 2. The van der Waals surface area contributed by atoms with Crippen LogP contribution in [0.4, 0.5) is 13.2 Å². The molecule has 0 N–H and O–H groups in total. The van der Waals surface area contributed by atoms with Crippen LogP contribution in [0.1, 0.15) is 41.3 Å². The Labute approximate surface area is 183 Å². The molecule has 1 fully saturated rings. The average Bonchev–Trinajstić information content (AvgIpc) is 3.17. The minimum Gasteiger partial charge on any atom is -0.464 e. The highest BCUT2D eigenvalue weighted by molar-refractivity contribution is 8.00. The standard InChI is InChI=1S/C23H24F3NO3S/c1-2-3-13-30-22(29)19-15-31-20(14-16-7-5-4-6-8-16)27(19)21(28)17-9-11-18(12-10-17)23(24,25)26/h4-12,19-20H,2-3,13-15H2,1H3. The molecular formula is C23H24F3NO3S. The molecule has 2 aromatic rings. The molecule has 1 aliphatic heterocycles. The number of carbonyl (C=O) groups is 2. The van der Waals surface area contributed by atoms with Crippen LogP contribution in [0, 0.1) is 0 Å². The monoisotopic (exact) mass is 451 g/mol. The molecule has 1 amide bonds. The number of thioether (sulfide) groups is 1. The van der Waals surface area contributed by atoms with Crippen molar-refractivity contribution >= 4 is 23.6 Å². The number of hydrogen-bond acceptors (Lipinski definition) is 4. The first-order valence-electron chi connectivity index (χ1n) is 10.1. The van der Waals surface area contributed by atoms with E-state index in [4.69, 9.17) is 4.74 Å². The van der Waals surface area contributed by atoms with Crippen LogP contribution >= 0.6 is 11.8 Å². The minimum atomic E-state index is -4.48. The molecule has 1 saturated heterocycles. The first kappa shape index (κ1) is 23.2. The zero-order valence-corrected chi connectivity index (χ0v) is 17.9. The van der Waals surface area contributed by atoms with E-state index in [0.29, 0.717) is 12.2 Å². The number of rotatable bonds is 7. The summed E-state index contributed by atoms with van der Waals surface area (Å²) in [7, 11) is 0. The Morgan fingerprint density at radius 3 is 2.39 bits per heavy atom. The van der Waals surface area contributed by atoms with Gasteiger partial charge in [-0.05, 0) is 36.2 Å². The Morgan fingerprint density at radius 2 is 1.77 bits per heavy atom. The maximum absolute atomic E-state index is 13.3. The van der Waals surface area contributed by atoms with Crippen molar-refractivity contribution in [1.82, 2.24) is 4.90 Å². The van der Waals surface area contributed by atoms with Crippen LogP contribution < -0.4 is 0 Å². The van der Waals surface area contributed by atoms with Gasteiger partial charge in [-0.1, -0.05) is 43.7 Å². The molecular weight excluding hydrogens is 427 g/mol. The summed E-state index contributed by atoms with van der Waals surface area (Å²) in [6, 6.07) is 12.9. The molecule has 0 radical (unpaired) electrons. The molecule has 166 valence electrons. The van der Waals surface area contributed by atoms with Crippen molar-refractivity contribution in [3.05, 3.63) is 71.3 Å². The average molecular weight is 452 g/mol. The maximum Gasteiger partial charge on any atom is 0.416 e. The molecule has 0 spiro atoms. The number of nitrogens with zero attached hydrogens (tertiary/aromatic N) is 1. The molecule has 3 rings (SSSR count). The predicted octanol–water partition coefficient (Wildman–Crippen LogP) is 5.18. The number of halogens is 3. The third kappa shape index (κ3) is 5.81. The molecule has 0 aromatic heterocycles. The van der Waals surface area contributed by atoms with Gasteiger partial charge in [-0.3, -0.25) is 4.79 Å². The van der Waals surface area contributed by atoms with Crippen LogP contribution in [-0.4, -0.2) is 40.6 Å². The molecule has 1 aliphatic rings. The summed E-state index contributed by atoms with van der Waals surface area (Å²) in [4.78, 5) is 27.4. The Morgan fingerprint density at radius 1 is 1.10 bits per heavy atom. The Balaban J connectivity index is 1.84. The molecule has 8 heteroatoms. The third-order valence-corrected chi connectivity index (χ3v) is 6.34. The van der Waals surface area contributed by atoms with Crippen molar-refractivity contribution in [2.45, 2.75) is 43.8 Å². The lowest BCUT2D eigenvalue weighted by atomic mass is 10.1. The quantitative estimate of drug-likeness (QED) is 0.430. The van der Waals surface area contributed by atoms with Gasteiger partial charge in [-0.25, -0.2) is 4.79 Å². The number of esters is 1. The van der Waals surface area contributed by atoms with Crippen molar-refractivity contribution in [2.24, 2.45) is 0 Å². The summed E-state index contributed by atoms with van der Waals surface area (Å²) >= 11 is 1.48. The van der Waals surface area contributed by atoms with E-state index in [1.54, 1.807) is 0 Å². The maximum atomic E-state index is 13.3. The molecule has 1 heterocycles. The van der Waals surface area contributed by atoms with E-state index < -0.39 is 29.7 Å². The van der Waals surface area contributed by atoms with Gasteiger partial charge in [0.1, 0.15) is 6.04 Å². The van der Waals surface area contributed by atoms with Crippen molar-refractivity contribution in [3.8, 4) is 0 Å². The summed E-state index contributed by atoms with van der Waals surface area (Å²) in [5.74, 6) is -0.566. The van der Waals surface area contributed by atoms with Crippen LogP contribution in [-0.2, 0) is 22.1 Å². The van der Waals surface area contributed by atoms with E-state index in [9.17, 15) is 22.8 Å². The number of unbranched alkanes of at least 4 members (excludes halogenated alkanes) is 1. The van der Waals surface area contributed by atoms with Gasteiger partial charge in [0.15, 0.2) is 0 Å². The van der Waals surface area contributed by atoms with Gasteiger partial charge in [-0.15, -0.1) is 11.8 Å². The van der Waals surface area contributed by atoms with Crippen LogP contribution in [0.15, 0.2) is 54.6 Å². The van der Waals surface area contributed by atoms with Gasteiger partial charge in [0.25, 0.3) is 5.91 Å². The number of carbonyl (C=O) groups excluding carboxylic acids is 2. The second-order valence-electron chi connectivity index (χ2n) is 7.30. The zero-order chi connectivity index (χ0) is 22.4. The van der Waals surface area contributed by atoms with E-state index in [1.165, 1.54) is 16.7 Å². The van der Waals surface area contributed by atoms with Gasteiger partial charge in [0.05, 0.1) is 17.5 Å². The number of amides is 1. The highest BCUT2D eigenvalue weighted by atomic mass is 32.2. The van der Waals surface area contributed by atoms with E-state index >= 15 is 0 Å². The third-order valence-electron chi connectivity index (χ3n) is 5.05. The van der Waals surface area contributed by atoms with Crippen molar-refractivity contribution in [3.63, 3.8) is 0 Å². The lowest BCUT2D eigenvalue weighted by molar-refractivity contribution is -0.148. The fraction of sp³-hybridized carbons (Fsp3) is 0.391. The molecule has 2 aromatic carbocycles. The van der Waals surface area contributed by atoms with Gasteiger partial charge < -0.3 is 9.64 Å². The first-order chi connectivity index (χ1) is 14.8. The van der Waals surface area contributed by atoms with Gasteiger partial charge in [-0.2, -0.15) is 13.2 Å². The van der Waals surface area contributed by atoms with Crippen LogP contribution in [0.25, 0.3) is 0 Å². The highest BCUT2D eigenvalue weighted by Gasteiger charge is 2.43. The van der Waals surface area contributed by atoms with Crippen molar-refractivity contribution in [2.75, 3.05) is 12.4 Å². The van der Waals surface area contributed by atoms with Crippen LogP contribution in [0.3, 0.4) is 0 Å². The molecule has 4 nitrogen and oxygen atoms in total. The second-order valence-corrected chi connectivity index (χ2v) is 8.51. The summed E-state index contributed by atoms with van der Waals surface area (Å²) in [5, 5.41) is -0.319. The van der Waals surface area contributed by atoms with Crippen LogP contribution in [0.5, 0.6) is 0 Å². The molecule has 0 saturated carbocycles. The summed E-state index contributed by atoms with van der Waals surface area (Å²) < 4.78 is 44.0.